The van der Waals surface area contributed by atoms with Crippen LogP contribution in [0, 0.1) is 34.0 Å². The molecular formula is C48H50N4O8. The molecule has 6 N–H and O–H groups in total. The van der Waals surface area contributed by atoms with Gasteiger partial charge in [0.05, 0.1) is 28.9 Å². The van der Waals surface area contributed by atoms with Crippen LogP contribution in [0.5, 0.6) is 0 Å². The number of fused-ring (bicyclic) bond motifs is 6. The number of rotatable bonds is 11. The maximum atomic E-state index is 13.2. The summed E-state index contributed by atoms with van der Waals surface area (Å²) in [5.74, 6) is -2.11. The van der Waals surface area contributed by atoms with Gasteiger partial charge in [-0.2, -0.15) is 0 Å². The maximum Gasteiger partial charge on any atom is 0.338 e. The van der Waals surface area contributed by atoms with E-state index in [9.17, 15) is 29.4 Å². The Morgan fingerprint density at radius 2 is 1.68 bits per heavy atom. The van der Waals surface area contributed by atoms with Crippen molar-refractivity contribution in [2.45, 2.75) is 70.2 Å². The fourth-order valence-electron chi connectivity index (χ4n) is 10.8. The molecule has 8 atom stereocenters. The molecular weight excluding hydrogens is 761 g/mol. The van der Waals surface area contributed by atoms with E-state index in [1.807, 2.05) is 37.3 Å². The number of aromatic nitrogens is 1. The molecule has 4 aromatic rings. The largest absolute Gasteiger partial charge is 0.457 e. The Kier molecular flexibility index (Phi) is 10.9. The quantitative estimate of drug-likeness (QED) is 0.0827. The van der Waals surface area contributed by atoms with E-state index in [-0.39, 0.29) is 59.4 Å². The summed E-state index contributed by atoms with van der Waals surface area (Å²) in [6.07, 6.45) is 10.8. The Balaban J connectivity index is 0.830. The SMILES string of the molecule is C[C@]12C=CC(=O)C=C1CC[C@@H]1[C@@H]2[C@@H](O)C[C@@]2(C)[C@H]1CC[C@]2(O)C(=N)COC(=O)c1ccc(C(=O)OCc2ccc([C@@H](CN)C(=O)Nc3ccc4cnccc4c3)cc2)cc1. The summed E-state index contributed by atoms with van der Waals surface area (Å²) in [5.41, 5.74) is 6.63. The lowest BCUT2D eigenvalue weighted by Crippen LogP contribution is -2.61. The van der Waals surface area contributed by atoms with Crippen molar-refractivity contribution in [2.24, 2.45) is 34.3 Å². The van der Waals surface area contributed by atoms with Crippen molar-refractivity contribution in [1.82, 2.24) is 4.98 Å². The predicted octanol–water partition coefficient (Wildman–Crippen LogP) is 6.46. The third-order valence-electron chi connectivity index (χ3n) is 14.1. The lowest BCUT2D eigenvalue weighted by atomic mass is 9.46. The minimum atomic E-state index is -1.56. The Bertz CT molecular complexity index is 2430. The van der Waals surface area contributed by atoms with Gasteiger partial charge in [-0.1, -0.05) is 55.8 Å². The molecule has 3 aromatic carbocycles. The highest BCUT2D eigenvalue weighted by Crippen LogP contribution is 2.67. The number of ketones is 1. The normalized spacial score (nSPS) is 28.4. The van der Waals surface area contributed by atoms with E-state index in [1.165, 1.54) is 24.3 Å². The molecule has 12 nitrogen and oxygen atoms in total. The molecule has 4 aliphatic rings. The van der Waals surface area contributed by atoms with Crippen LogP contribution in [0.1, 0.15) is 83.7 Å². The van der Waals surface area contributed by atoms with Gasteiger partial charge in [-0.25, -0.2) is 9.59 Å². The second-order valence-corrected chi connectivity index (χ2v) is 17.3. The highest BCUT2D eigenvalue weighted by molar-refractivity contribution is 6.01. The molecule has 3 fully saturated rings. The summed E-state index contributed by atoms with van der Waals surface area (Å²) in [4.78, 5) is 55.4. The van der Waals surface area contributed by atoms with E-state index < -0.39 is 47.0 Å². The first-order valence-electron chi connectivity index (χ1n) is 20.5. The number of aliphatic hydroxyl groups is 2. The predicted molar refractivity (Wildman–Crippen MR) is 225 cm³/mol. The van der Waals surface area contributed by atoms with Gasteiger partial charge in [-0.15, -0.1) is 0 Å². The van der Waals surface area contributed by atoms with Crippen LogP contribution in [-0.4, -0.2) is 69.4 Å². The number of ether oxygens (including phenoxy) is 2. The summed E-state index contributed by atoms with van der Waals surface area (Å²) < 4.78 is 11.1. The maximum absolute atomic E-state index is 13.2. The summed E-state index contributed by atoms with van der Waals surface area (Å²) >= 11 is 0. The fraction of sp³-hybridized carbons (Fsp3) is 0.375. The lowest BCUT2D eigenvalue weighted by Gasteiger charge is -2.59. The number of nitrogens with one attached hydrogen (secondary N) is 2. The molecule has 4 aliphatic carbocycles. The van der Waals surface area contributed by atoms with Crippen LogP contribution in [0.3, 0.4) is 0 Å². The zero-order valence-corrected chi connectivity index (χ0v) is 33.7. The number of benzene rings is 3. The number of nitrogens with two attached hydrogens (primary N) is 1. The van der Waals surface area contributed by atoms with Gasteiger partial charge in [0, 0.05) is 46.8 Å². The van der Waals surface area contributed by atoms with E-state index in [1.54, 1.807) is 48.8 Å². The minimum absolute atomic E-state index is 0.0208. The second-order valence-electron chi connectivity index (χ2n) is 17.3. The first kappa shape index (κ1) is 40.9. The van der Waals surface area contributed by atoms with Crippen LogP contribution in [0.2, 0.25) is 0 Å². The van der Waals surface area contributed by atoms with E-state index in [4.69, 9.17) is 20.6 Å². The molecule has 60 heavy (non-hydrogen) atoms. The molecule has 0 unspecified atom stereocenters. The molecule has 3 saturated carbocycles. The summed E-state index contributed by atoms with van der Waals surface area (Å²) in [6.45, 7) is 3.71. The number of nitrogens with zero attached hydrogens (tertiary/aromatic N) is 1. The van der Waals surface area contributed by atoms with Gasteiger partial charge in [-0.05, 0) is 115 Å². The number of anilines is 1. The Morgan fingerprint density at radius 3 is 2.40 bits per heavy atom. The third-order valence-corrected chi connectivity index (χ3v) is 14.1. The van der Waals surface area contributed by atoms with Crippen LogP contribution in [0.25, 0.3) is 10.8 Å². The fourth-order valence-corrected chi connectivity index (χ4v) is 10.8. The van der Waals surface area contributed by atoms with Crippen molar-refractivity contribution >= 4 is 45.8 Å². The Morgan fingerprint density at radius 1 is 0.967 bits per heavy atom. The van der Waals surface area contributed by atoms with Crippen LogP contribution in [0.15, 0.2) is 109 Å². The molecule has 12 heteroatoms. The lowest BCUT2D eigenvalue weighted by molar-refractivity contribution is -0.144. The molecule has 1 amide bonds. The van der Waals surface area contributed by atoms with Crippen molar-refractivity contribution in [3.8, 4) is 0 Å². The van der Waals surface area contributed by atoms with Gasteiger partial charge in [0.1, 0.15) is 18.8 Å². The number of pyridine rings is 1. The Labute approximate surface area is 348 Å². The van der Waals surface area contributed by atoms with Gasteiger partial charge in [-0.3, -0.25) is 14.6 Å². The first-order valence-corrected chi connectivity index (χ1v) is 20.5. The molecule has 0 radical (unpaired) electrons. The number of allylic oxidation sites excluding steroid dienone is 4. The zero-order valence-electron chi connectivity index (χ0n) is 33.7. The topological polar surface area (TPSA) is 202 Å². The number of hydrogen-bond acceptors (Lipinski definition) is 11. The first-order chi connectivity index (χ1) is 28.7. The van der Waals surface area contributed by atoms with Gasteiger partial charge in [0.15, 0.2) is 5.78 Å². The highest BCUT2D eigenvalue weighted by Gasteiger charge is 2.67. The van der Waals surface area contributed by atoms with Crippen molar-refractivity contribution in [3.05, 3.63) is 131 Å². The van der Waals surface area contributed by atoms with Crippen LogP contribution >= 0.6 is 0 Å². The number of esters is 2. The average molecular weight is 811 g/mol. The summed E-state index contributed by atoms with van der Waals surface area (Å²) in [6, 6.07) is 20.4. The molecule has 8 rings (SSSR count). The second kappa shape index (κ2) is 16.0. The van der Waals surface area contributed by atoms with E-state index in [0.29, 0.717) is 30.5 Å². The van der Waals surface area contributed by atoms with Crippen molar-refractivity contribution in [2.75, 3.05) is 18.5 Å². The monoisotopic (exact) mass is 810 g/mol. The molecule has 1 heterocycles. The van der Waals surface area contributed by atoms with Crippen LogP contribution < -0.4 is 11.1 Å². The number of carbonyl (C=O) groups is 4. The molecule has 0 aliphatic heterocycles. The average Bonchev–Trinajstić information content (AvgIpc) is 3.52. The third kappa shape index (κ3) is 7.26. The van der Waals surface area contributed by atoms with Crippen LogP contribution in [-0.2, 0) is 25.7 Å². The van der Waals surface area contributed by atoms with Crippen molar-refractivity contribution < 1.29 is 38.9 Å². The molecule has 0 saturated heterocycles. The summed E-state index contributed by atoms with van der Waals surface area (Å²) in [7, 11) is 0. The van der Waals surface area contributed by atoms with Crippen molar-refractivity contribution in [3.63, 3.8) is 0 Å². The molecule has 1 aromatic heterocycles. The van der Waals surface area contributed by atoms with Gasteiger partial charge >= 0.3 is 11.9 Å². The molecule has 0 bridgehead atoms. The molecule has 0 spiro atoms. The van der Waals surface area contributed by atoms with Crippen LogP contribution in [0.4, 0.5) is 5.69 Å². The Hall–Kier alpha value is -5.82. The van der Waals surface area contributed by atoms with Crippen molar-refractivity contribution in [1.29, 1.82) is 5.41 Å². The number of aliphatic hydroxyl groups excluding tert-OH is 1. The van der Waals surface area contributed by atoms with E-state index >= 15 is 0 Å². The van der Waals surface area contributed by atoms with Gasteiger partial charge in [0.2, 0.25) is 5.91 Å². The number of hydrogen-bond donors (Lipinski definition) is 5. The smallest absolute Gasteiger partial charge is 0.338 e. The van der Waals surface area contributed by atoms with E-state index in [0.717, 1.165) is 34.8 Å². The number of carbonyl (C=O) groups excluding carboxylic acids is 4. The minimum Gasteiger partial charge on any atom is -0.457 e. The summed E-state index contributed by atoms with van der Waals surface area (Å²) in [5, 5.41) is 37.7. The highest BCUT2D eigenvalue weighted by atomic mass is 16.5. The zero-order chi connectivity index (χ0) is 42.4. The van der Waals surface area contributed by atoms with E-state index in [2.05, 4.69) is 17.2 Å². The van der Waals surface area contributed by atoms with Gasteiger partial charge in [0.25, 0.3) is 0 Å². The standard InChI is InChI=1S/C48H50N4O8/c1-46-18-15-36(53)22-34(46)12-14-37-39-16-19-48(58,47(39,2)23-40(54)42(37)46)41(50)27-60-45(57)31-9-7-30(8-10-31)44(56)59-26-28-3-5-29(6-4-28)38(24-49)43(55)52-35-13-11-33-25-51-20-17-32(33)21-35/h3-11,13,15,17-18,20-22,25,37-40,42,50,54,58H,12,14,16,19,23-24,26-27,49H2,1-2H3,(H,52,55)/t37-,38+,39-,40-,42+,46-,47-,48-/m0/s1. The number of amides is 1. The molecule has 310 valence electrons. The van der Waals surface area contributed by atoms with Gasteiger partial charge < -0.3 is 36.1 Å².